The lowest BCUT2D eigenvalue weighted by Gasteiger charge is -2.07. The number of hydrogen-bond donors (Lipinski definition) is 0. The molecular weight excluding hydrogens is 373 g/mol. The summed E-state index contributed by atoms with van der Waals surface area (Å²) in [6.45, 7) is 2.15. The fourth-order valence-corrected chi connectivity index (χ4v) is 2.91. The number of aryl methyl sites for hydroxylation is 1. The Morgan fingerprint density at radius 3 is 2.25 bits per heavy atom. The van der Waals surface area contributed by atoms with Crippen LogP contribution in [-0.2, 0) is 6.42 Å². The number of aliphatic imine (C=N–C) groups is 1. The predicted octanol–water partition coefficient (Wildman–Crippen LogP) is 6.40. The Balaban J connectivity index is 1.71. The SMILES string of the molecule is CCCc1ccc(-c2ccc(C(=O)Oc3ccc(N=C=S)c(F)c3)cc2)cc1. The van der Waals surface area contributed by atoms with Gasteiger partial charge in [0.05, 0.1) is 10.7 Å². The average Bonchev–Trinajstić information content (AvgIpc) is 2.71. The van der Waals surface area contributed by atoms with Crippen LogP contribution >= 0.6 is 12.2 Å². The van der Waals surface area contributed by atoms with Crippen LogP contribution in [0.1, 0.15) is 29.3 Å². The van der Waals surface area contributed by atoms with Gasteiger partial charge < -0.3 is 4.74 Å². The van der Waals surface area contributed by atoms with Gasteiger partial charge in [0.25, 0.3) is 0 Å². The van der Waals surface area contributed by atoms with Crippen molar-refractivity contribution in [2.75, 3.05) is 0 Å². The van der Waals surface area contributed by atoms with Crippen LogP contribution in [0.25, 0.3) is 11.1 Å². The largest absolute Gasteiger partial charge is 0.423 e. The third-order valence-electron chi connectivity index (χ3n) is 4.24. The first-order valence-corrected chi connectivity index (χ1v) is 9.30. The zero-order valence-corrected chi connectivity index (χ0v) is 16.1. The summed E-state index contributed by atoms with van der Waals surface area (Å²) in [6, 6.07) is 19.4. The van der Waals surface area contributed by atoms with Crippen molar-refractivity contribution in [2.45, 2.75) is 19.8 Å². The molecule has 0 spiro atoms. The maximum absolute atomic E-state index is 13.8. The molecule has 0 aliphatic rings. The zero-order valence-electron chi connectivity index (χ0n) is 15.3. The molecule has 0 saturated heterocycles. The maximum Gasteiger partial charge on any atom is 0.343 e. The van der Waals surface area contributed by atoms with Crippen LogP contribution in [0, 0.1) is 5.82 Å². The minimum atomic E-state index is -0.635. The molecule has 0 radical (unpaired) electrons. The smallest absolute Gasteiger partial charge is 0.343 e. The van der Waals surface area contributed by atoms with E-state index in [2.05, 4.69) is 53.6 Å². The van der Waals surface area contributed by atoms with E-state index < -0.39 is 11.8 Å². The number of benzene rings is 3. The van der Waals surface area contributed by atoms with Gasteiger partial charge in [-0.2, -0.15) is 4.99 Å². The second-order valence-electron chi connectivity index (χ2n) is 6.23. The molecule has 0 aromatic heterocycles. The van der Waals surface area contributed by atoms with Gasteiger partial charge in [0, 0.05) is 6.07 Å². The molecule has 0 unspecified atom stereocenters. The van der Waals surface area contributed by atoms with Crippen LogP contribution in [-0.4, -0.2) is 11.1 Å². The molecule has 0 fully saturated rings. The number of halogens is 1. The van der Waals surface area contributed by atoms with Crippen molar-refractivity contribution in [1.82, 2.24) is 0 Å². The monoisotopic (exact) mass is 391 g/mol. The van der Waals surface area contributed by atoms with Gasteiger partial charge >= 0.3 is 5.97 Å². The van der Waals surface area contributed by atoms with Gasteiger partial charge in [-0.15, -0.1) is 0 Å². The van der Waals surface area contributed by atoms with Gasteiger partial charge in [-0.25, -0.2) is 9.18 Å². The summed E-state index contributed by atoms with van der Waals surface area (Å²) in [5.41, 5.74) is 3.82. The number of carbonyl (C=O) groups excluding carboxylic acids is 1. The second-order valence-corrected chi connectivity index (χ2v) is 6.41. The van der Waals surface area contributed by atoms with E-state index in [0.29, 0.717) is 5.56 Å². The summed E-state index contributed by atoms with van der Waals surface area (Å²) in [4.78, 5) is 15.9. The summed E-state index contributed by atoms with van der Waals surface area (Å²) >= 11 is 4.46. The van der Waals surface area contributed by atoms with Crippen LogP contribution < -0.4 is 4.74 Å². The molecule has 140 valence electrons. The number of carbonyl (C=O) groups is 1. The molecule has 28 heavy (non-hydrogen) atoms. The molecule has 0 atom stereocenters. The van der Waals surface area contributed by atoms with Gasteiger partial charge in [-0.1, -0.05) is 49.7 Å². The molecule has 0 aliphatic carbocycles. The number of thiocarbonyl (C=S) groups is 1. The van der Waals surface area contributed by atoms with Crippen molar-refractivity contribution in [1.29, 1.82) is 0 Å². The van der Waals surface area contributed by atoms with Gasteiger partial charge in [-0.05, 0) is 59.6 Å². The Morgan fingerprint density at radius 2 is 1.68 bits per heavy atom. The van der Waals surface area contributed by atoms with Crippen LogP contribution in [0.4, 0.5) is 10.1 Å². The molecular formula is C23H18FNO2S. The minimum Gasteiger partial charge on any atom is -0.423 e. The summed E-state index contributed by atoms with van der Waals surface area (Å²) in [5.74, 6) is -1.10. The molecule has 5 heteroatoms. The third kappa shape index (κ3) is 4.77. The second kappa shape index (κ2) is 9.18. The first-order chi connectivity index (χ1) is 13.6. The number of esters is 1. The van der Waals surface area contributed by atoms with E-state index in [1.54, 1.807) is 12.1 Å². The molecule has 3 aromatic carbocycles. The Labute approximate surface area is 168 Å². The van der Waals surface area contributed by atoms with E-state index in [4.69, 9.17) is 4.74 Å². The van der Waals surface area contributed by atoms with Crippen LogP contribution in [0.15, 0.2) is 71.7 Å². The number of nitrogens with zero attached hydrogens (tertiary/aromatic N) is 1. The molecule has 0 N–H and O–H groups in total. The first-order valence-electron chi connectivity index (χ1n) is 8.89. The summed E-state index contributed by atoms with van der Waals surface area (Å²) in [7, 11) is 0. The number of hydrogen-bond acceptors (Lipinski definition) is 4. The van der Waals surface area contributed by atoms with E-state index in [1.807, 2.05) is 12.1 Å². The Hall–Kier alpha value is -3.14. The summed E-state index contributed by atoms with van der Waals surface area (Å²) in [6.07, 6.45) is 2.17. The highest BCUT2D eigenvalue weighted by Gasteiger charge is 2.11. The number of rotatable bonds is 6. The van der Waals surface area contributed by atoms with Crippen LogP contribution in [0.3, 0.4) is 0 Å². The lowest BCUT2D eigenvalue weighted by molar-refractivity contribution is 0.0734. The summed E-state index contributed by atoms with van der Waals surface area (Å²) in [5, 5.41) is 2.10. The molecule has 0 bridgehead atoms. The van der Waals surface area contributed by atoms with Crippen molar-refractivity contribution < 1.29 is 13.9 Å². The van der Waals surface area contributed by atoms with Gasteiger partial charge in [0.2, 0.25) is 0 Å². The average molecular weight is 391 g/mol. The lowest BCUT2D eigenvalue weighted by atomic mass is 10.0. The molecule has 0 heterocycles. The number of ether oxygens (including phenoxy) is 1. The Morgan fingerprint density at radius 1 is 1.04 bits per heavy atom. The standard InChI is InChI=1S/C23H18FNO2S/c1-2-3-16-4-6-17(7-5-16)18-8-10-19(11-9-18)23(26)27-20-12-13-22(25-15-28)21(24)14-20/h4-14H,2-3H2,1H3. The van der Waals surface area contributed by atoms with Crippen molar-refractivity contribution in [3.8, 4) is 16.9 Å². The van der Waals surface area contributed by atoms with Gasteiger partial charge in [-0.3, -0.25) is 0 Å². The van der Waals surface area contributed by atoms with E-state index in [0.717, 1.165) is 30.0 Å². The maximum atomic E-state index is 13.8. The van der Waals surface area contributed by atoms with E-state index in [9.17, 15) is 9.18 Å². The highest BCUT2D eigenvalue weighted by Crippen LogP contribution is 2.24. The molecule has 0 aliphatic heterocycles. The van der Waals surface area contributed by atoms with Gasteiger partial charge in [0.15, 0.2) is 5.82 Å². The lowest BCUT2D eigenvalue weighted by Crippen LogP contribution is -2.08. The first kappa shape index (κ1) is 19.6. The normalized spacial score (nSPS) is 10.2. The van der Waals surface area contributed by atoms with Crippen molar-refractivity contribution in [3.05, 3.63) is 83.7 Å². The van der Waals surface area contributed by atoms with Crippen LogP contribution in [0.5, 0.6) is 5.75 Å². The third-order valence-corrected chi connectivity index (χ3v) is 4.33. The zero-order chi connectivity index (χ0) is 19.9. The van der Waals surface area contributed by atoms with Crippen LogP contribution in [0.2, 0.25) is 0 Å². The molecule has 3 nitrogen and oxygen atoms in total. The molecule has 0 saturated carbocycles. The van der Waals surface area contributed by atoms with Gasteiger partial charge in [0.1, 0.15) is 11.4 Å². The molecule has 0 amide bonds. The highest BCUT2D eigenvalue weighted by atomic mass is 32.1. The summed E-state index contributed by atoms with van der Waals surface area (Å²) < 4.78 is 19.1. The van der Waals surface area contributed by atoms with E-state index in [1.165, 1.54) is 17.7 Å². The van der Waals surface area contributed by atoms with Crippen molar-refractivity contribution in [3.63, 3.8) is 0 Å². The highest BCUT2D eigenvalue weighted by molar-refractivity contribution is 7.78. The molecule has 3 aromatic rings. The Kier molecular flexibility index (Phi) is 6.43. The fourth-order valence-electron chi connectivity index (χ4n) is 2.81. The number of isothiocyanates is 1. The van der Waals surface area contributed by atoms with Crippen molar-refractivity contribution in [2.24, 2.45) is 4.99 Å². The minimum absolute atomic E-state index is 0.0455. The Bertz CT molecular complexity index is 1020. The predicted molar refractivity (Wildman–Crippen MR) is 112 cm³/mol. The van der Waals surface area contributed by atoms with Crippen molar-refractivity contribution >= 4 is 29.0 Å². The fraction of sp³-hybridized carbons (Fsp3) is 0.130. The van der Waals surface area contributed by atoms with E-state index >= 15 is 0 Å². The quantitative estimate of drug-likeness (QED) is 0.211. The topological polar surface area (TPSA) is 38.7 Å². The molecule has 3 rings (SSSR count). The van der Waals surface area contributed by atoms with E-state index in [-0.39, 0.29) is 11.4 Å².